The second-order valence-electron chi connectivity index (χ2n) is 4.96. The van der Waals surface area contributed by atoms with Crippen molar-refractivity contribution >= 4 is 30.7 Å². The van der Waals surface area contributed by atoms with Crippen molar-refractivity contribution in [2.45, 2.75) is 39.2 Å². The minimum atomic E-state index is -0.374. The fourth-order valence-corrected chi connectivity index (χ4v) is 1.94. The SMILES string of the molecule is CC(C)C(N)C(=O)NCCN1CCCCC1.Cl.Cl. The topological polar surface area (TPSA) is 58.4 Å². The van der Waals surface area contributed by atoms with E-state index in [0.717, 1.165) is 13.1 Å². The van der Waals surface area contributed by atoms with Crippen LogP contribution >= 0.6 is 24.8 Å². The number of nitrogens with zero attached hydrogens (tertiary/aromatic N) is 1. The summed E-state index contributed by atoms with van der Waals surface area (Å²) in [7, 11) is 0. The van der Waals surface area contributed by atoms with Crippen LogP contribution in [0.4, 0.5) is 0 Å². The van der Waals surface area contributed by atoms with Gasteiger partial charge in [0, 0.05) is 13.1 Å². The Kier molecular flexibility index (Phi) is 12.2. The maximum absolute atomic E-state index is 11.6. The number of rotatable bonds is 5. The fraction of sp³-hybridized carbons (Fsp3) is 0.917. The van der Waals surface area contributed by atoms with Gasteiger partial charge in [-0.15, -0.1) is 24.8 Å². The van der Waals surface area contributed by atoms with Crippen LogP contribution < -0.4 is 11.1 Å². The second-order valence-corrected chi connectivity index (χ2v) is 4.96. The molecule has 0 spiro atoms. The van der Waals surface area contributed by atoms with Gasteiger partial charge in [0.2, 0.25) is 5.91 Å². The molecule has 110 valence electrons. The molecule has 0 aromatic carbocycles. The molecule has 1 aliphatic rings. The van der Waals surface area contributed by atoms with E-state index < -0.39 is 0 Å². The number of carbonyl (C=O) groups excluding carboxylic acids is 1. The summed E-state index contributed by atoms with van der Waals surface area (Å²) >= 11 is 0. The number of halogens is 2. The lowest BCUT2D eigenvalue weighted by Gasteiger charge is -2.26. The van der Waals surface area contributed by atoms with E-state index >= 15 is 0 Å². The van der Waals surface area contributed by atoms with Crippen molar-refractivity contribution < 1.29 is 4.79 Å². The van der Waals surface area contributed by atoms with Gasteiger partial charge in [0.15, 0.2) is 0 Å². The van der Waals surface area contributed by atoms with E-state index in [-0.39, 0.29) is 42.7 Å². The summed E-state index contributed by atoms with van der Waals surface area (Å²) in [6.45, 7) is 7.96. The molecule has 18 heavy (non-hydrogen) atoms. The zero-order valence-electron chi connectivity index (χ0n) is 11.4. The summed E-state index contributed by atoms with van der Waals surface area (Å²) in [5.74, 6) is 0.182. The third-order valence-corrected chi connectivity index (χ3v) is 3.20. The molecule has 0 radical (unpaired) electrons. The van der Waals surface area contributed by atoms with E-state index in [0.29, 0.717) is 0 Å². The van der Waals surface area contributed by atoms with Crippen LogP contribution in [0, 0.1) is 5.92 Å². The molecule has 0 aliphatic carbocycles. The first kappa shape index (κ1) is 20.3. The lowest BCUT2D eigenvalue weighted by molar-refractivity contribution is -0.123. The summed E-state index contributed by atoms with van der Waals surface area (Å²) < 4.78 is 0. The van der Waals surface area contributed by atoms with Crippen LogP contribution in [0.5, 0.6) is 0 Å². The molecule has 1 aliphatic heterocycles. The standard InChI is InChI=1S/C12H25N3O.2ClH/c1-10(2)11(13)12(16)14-6-9-15-7-4-3-5-8-15;;/h10-11H,3-9,13H2,1-2H3,(H,14,16);2*1H. The highest BCUT2D eigenvalue weighted by Gasteiger charge is 2.17. The summed E-state index contributed by atoms with van der Waals surface area (Å²) in [5, 5.41) is 2.91. The summed E-state index contributed by atoms with van der Waals surface area (Å²) in [4.78, 5) is 14.0. The maximum Gasteiger partial charge on any atom is 0.237 e. The molecule has 1 fully saturated rings. The molecule has 1 saturated heterocycles. The lowest BCUT2D eigenvalue weighted by atomic mass is 10.1. The third kappa shape index (κ3) is 7.41. The molecule has 0 saturated carbocycles. The number of nitrogens with one attached hydrogen (secondary N) is 1. The molecule has 1 rings (SSSR count). The zero-order valence-corrected chi connectivity index (χ0v) is 13.0. The van der Waals surface area contributed by atoms with Gasteiger partial charge in [-0.3, -0.25) is 4.79 Å². The number of likely N-dealkylation sites (tertiary alicyclic amines) is 1. The molecule has 1 unspecified atom stereocenters. The molecule has 6 heteroatoms. The normalized spacial score (nSPS) is 17.6. The Labute approximate surface area is 123 Å². The first-order valence-corrected chi connectivity index (χ1v) is 6.37. The highest BCUT2D eigenvalue weighted by Crippen LogP contribution is 2.07. The molecular formula is C12H27Cl2N3O. The number of piperidine rings is 1. The smallest absolute Gasteiger partial charge is 0.237 e. The molecule has 1 atom stereocenters. The van der Waals surface area contributed by atoms with Crippen molar-refractivity contribution in [1.82, 2.24) is 10.2 Å². The van der Waals surface area contributed by atoms with Crippen LogP contribution in [0.2, 0.25) is 0 Å². The fourth-order valence-electron chi connectivity index (χ4n) is 1.94. The molecule has 1 heterocycles. The highest BCUT2D eigenvalue weighted by atomic mass is 35.5. The molecule has 0 aromatic heterocycles. The first-order chi connectivity index (χ1) is 7.61. The third-order valence-electron chi connectivity index (χ3n) is 3.20. The summed E-state index contributed by atoms with van der Waals surface area (Å²) in [6, 6.07) is -0.374. The molecule has 3 N–H and O–H groups in total. The monoisotopic (exact) mass is 299 g/mol. The van der Waals surface area contributed by atoms with Crippen molar-refractivity contribution in [3.63, 3.8) is 0 Å². The highest BCUT2D eigenvalue weighted by molar-refractivity contribution is 5.85. The minimum Gasteiger partial charge on any atom is -0.353 e. The number of amides is 1. The van der Waals surface area contributed by atoms with Crippen LogP contribution in [-0.2, 0) is 4.79 Å². The van der Waals surface area contributed by atoms with Crippen LogP contribution in [0.25, 0.3) is 0 Å². The summed E-state index contributed by atoms with van der Waals surface area (Å²) in [6.07, 6.45) is 3.93. The van der Waals surface area contributed by atoms with E-state index in [4.69, 9.17) is 5.73 Å². The molecule has 1 amide bonds. The quantitative estimate of drug-likeness (QED) is 0.807. The van der Waals surface area contributed by atoms with Gasteiger partial charge in [0.25, 0.3) is 0 Å². The van der Waals surface area contributed by atoms with Crippen molar-refractivity contribution in [2.75, 3.05) is 26.2 Å². The van der Waals surface area contributed by atoms with Gasteiger partial charge in [-0.2, -0.15) is 0 Å². The average molecular weight is 300 g/mol. The summed E-state index contributed by atoms with van der Waals surface area (Å²) in [5.41, 5.74) is 5.75. The van der Waals surface area contributed by atoms with Gasteiger partial charge in [0.05, 0.1) is 6.04 Å². The predicted octanol–water partition coefficient (Wildman–Crippen LogP) is 1.42. The van der Waals surface area contributed by atoms with Crippen molar-refractivity contribution in [2.24, 2.45) is 11.7 Å². The van der Waals surface area contributed by atoms with Crippen LogP contribution in [0.1, 0.15) is 33.1 Å². The Morgan fingerprint density at radius 1 is 1.22 bits per heavy atom. The number of carbonyl (C=O) groups is 1. The number of hydrogen-bond acceptors (Lipinski definition) is 3. The van der Waals surface area contributed by atoms with Gasteiger partial charge in [-0.25, -0.2) is 0 Å². The van der Waals surface area contributed by atoms with Crippen molar-refractivity contribution in [1.29, 1.82) is 0 Å². The Balaban J connectivity index is 0. The Hall–Kier alpha value is -0.0300. The molecule has 0 aromatic rings. The lowest BCUT2D eigenvalue weighted by Crippen LogP contribution is -2.46. The molecular weight excluding hydrogens is 273 g/mol. The van der Waals surface area contributed by atoms with Gasteiger partial charge in [0.1, 0.15) is 0 Å². The van der Waals surface area contributed by atoms with Crippen LogP contribution in [0.3, 0.4) is 0 Å². The van der Waals surface area contributed by atoms with Gasteiger partial charge in [-0.05, 0) is 31.8 Å². The maximum atomic E-state index is 11.6. The largest absolute Gasteiger partial charge is 0.353 e. The Morgan fingerprint density at radius 2 is 1.78 bits per heavy atom. The molecule has 0 bridgehead atoms. The van der Waals surface area contributed by atoms with E-state index in [1.165, 1.54) is 32.4 Å². The van der Waals surface area contributed by atoms with E-state index in [1.807, 2.05) is 13.8 Å². The average Bonchev–Trinajstić information content (AvgIpc) is 2.29. The molecule has 4 nitrogen and oxygen atoms in total. The van der Waals surface area contributed by atoms with Gasteiger partial charge >= 0.3 is 0 Å². The van der Waals surface area contributed by atoms with Crippen LogP contribution in [0.15, 0.2) is 0 Å². The predicted molar refractivity (Wildman–Crippen MR) is 80.6 cm³/mol. The second kappa shape index (κ2) is 10.9. The van der Waals surface area contributed by atoms with Crippen molar-refractivity contribution in [3.05, 3.63) is 0 Å². The Morgan fingerprint density at radius 3 is 2.28 bits per heavy atom. The van der Waals surface area contributed by atoms with E-state index in [9.17, 15) is 4.79 Å². The Bertz CT molecular complexity index is 221. The van der Waals surface area contributed by atoms with Crippen LogP contribution in [-0.4, -0.2) is 43.0 Å². The minimum absolute atomic E-state index is 0. The number of nitrogens with two attached hydrogens (primary N) is 1. The zero-order chi connectivity index (χ0) is 12.0. The van der Waals surface area contributed by atoms with E-state index in [1.54, 1.807) is 0 Å². The van der Waals surface area contributed by atoms with E-state index in [2.05, 4.69) is 10.2 Å². The van der Waals surface area contributed by atoms with Gasteiger partial charge < -0.3 is 16.0 Å². The van der Waals surface area contributed by atoms with Gasteiger partial charge in [-0.1, -0.05) is 20.3 Å². The number of hydrogen-bond donors (Lipinski definition) is 2. The first-order valence-electron chi connectivity index (χ1n) is 6.37. The van der Waals surface area contributed by atoms with Crippen molar-refractivity contribution in [3.8, 4) is 0 Å².